The number of hydrogen-bond acceptors (Lipinski definition) is 0. The van der Waals surface area contributed by atoms with Gasteiger partial charge in [0.25, 0.3) is 0 Å². The molecule has 0 aliphatic carbocycles. The lowest BCUT2D eigenvalue weighted by molar-refractivity contribution is -0.921. The first-order valence-electron chi connectivity index (χ1n) is 4.09. The quantitative estimate of drug-likeness (QED) is 0.512. The van der Waals surface area contributed by atoms with E-state index in [0.29, 0.717) is 0 Å². The topological polar surface area (TPSA) is 0 Å². The average Bonchev–Trinajstić information content (AvgIpc) is 1.95. The molecule has 0 fully saturated rings. The molecule has 0 N–H and O–H groups in total. The van der Waals surface area contributed by atoms with Crippen molar-refractivity contribution in [1.82, 2.24) is 0 Å². The third-order valence-corrected chi connectivity index (χ3v) is 2.68. The molecule has 58 valence electrons. The van der Waals surface area contributed by atoms with E-state index in [1.807, 2.05) is 0 Å². The lowest BCUT2D eigenvalue weighted by Crippen LogP contribution is -2.47. The van der Waals surface area contributed by atoms with Crippen LogP contribution in [0.5, 0.6) is 0 Å². The summed E-state index contributed by atoms with van der Waals surface area (Å²) in [5, 5.41) is 0. The highest BCUT2D eigenvalue weighted by atomic mass is 15.3. The molecule has 1 nitrogen and oxygen atoms in total. The second kappa shape index (κ2) is 3.89. The van der Waals surface area contributed by atoms with Crippen LogP contribution in [0.15, 0.2) is 0 Å². The minimum Gasteiger partial charge on any atom is -1.00 e. The molecule has 0 saturated heterocycles. The van der Waals surface area contributed by atoms with Crippen LogP contribution in [-0.2, 0) is 0 Å². The summed E-state index contributed by atoms with van der Waals surface area (Å²) in [7, 11) is 0. The number of nitrogens with zero attached hydrogens (tertiary/aromatic N) is 1. The van der Waals surface area contributed by atoms with Gasteiger partial charge in [0.15, 0.2) is 0 Å². The van der Waals surface area contributed by atoms with Crippen LogP contribution in [0.25, 0.3) is 0 Å². The Morgan fingerprint density at radius 2 is 1.00 bits per heavy atom. The minimum absolute atomic E-state index is 0. The first-order valence-corrected chi connectivity index (χ1v) is 4.09. The minimum atomic E-state index is 0. The molecule has 0 radical (unpaired) electrons. The Kier molecular flexibility index (Phi) is 3.87. The van der Waals surface area contributed by atoms with Gasteiger partial charge in [-0.05, 0) is 27.7 Å². The van der Waals surface area contributed by atoms with Gasteiger partial charge < -0.3 is 5.91 Å². The summed E-state index contributed by atoms with van der Waals surface area (Å²) in [6, 6.07) is 0. The van der Waals surface area contributed by atoms with E-state index in [2.05, 4.69) is 27.7 Å². The molecule has 0 rings (SSSR count). The standard InChI is InChI=1S/C8H20N.H/c1-5-9(6-2,7-3)8-4;/h5-8H2,1-4H3;/q+1;-1. The van der Waals surface area contributed by atoms with E-state index in [9.17, 15) is 0 Å². The Hall–Kier alpha value is -0.0400. The molecular weight excluding hydrogens is 110 g/mol. The second-order valence-electron chi connectivity index (χ2n) is 2.61. The van der Waals surface area contributed by atoms with Crippen LogP contribution in [0.3, 0.4) is 0 Å². The van der Waals surface area contributed by atoms with Crippen molar-refractivity contribution in [1.29, 1.82) is 0 Å². The van der Waals surface area contributed by atoms with Crippen molar-refractivity contribution in [3.05, 3.63) is 0 Å². The molecule has 0 heterocycles. The van der Waals surface area contributed by atoms with E-state index in [-0.39, 0.29) is 1.43 Å². The summed E-state index contributed by atoms with van der Waals surface area (Å²) < 4.78 is 1.28. The van der Waals surface area contributed by atoms with E-state index in [1.54, 1.807) is 0 Å². The molecule has 0 aliphatic rings. The monoisotopic (exact) mass is 131 g/mol. The van der Waals surface area contributed by atoms with Gasteiger partial charge in [0.05, 0.1) is 26.2 Å². The average molecular weight is 131 g/mol. The van der Waals surface area contributed by atoms with Crippen LogP contribution in [0, 0.1) is 0 Å². The van der Waals surface area contributed by atoms with Crippen LogP contribution >= 0.6 is 0 Å². The van der Waals surface area contributed by atoms with Crippen molar-refractivity contribution in [3.8, 4) is 0 Å². The van der Waals surface area contributed by atoms with Crippen LogP contribution < -0.4 is 0 Å². The van der Waals surface area contributed by atoms with Crippen LogP contribution in [-0.4, -0.2) is 30.7 Å². The maximum absolute atomic E-state index is 2.27. The lowest BCUT2D eigenvalue weighted by Gasteiger charge is -2.34. The molecule has 0 bridgehead atoms. The van der Waals surface area contributed by atoms with E-state index in [1.165, 1.54) is 30.7 Å². The molecule has 0 amide bonds. The lowest BCUT2D eigenvalue weighted by atomic mass is 10.3. The summed E-state index contributed by atoms with van der Waals surface area (Å²) >= 11 is 0. The Balaban J connectivity index is 0. The van der Waals surface area contributed by atoms with Gasteiger partial charge in [-0.15, -0.1) is 0 Å². The Bertz CT molecular complexity index is 52.1. The van der Waals surface area contributed by atoms with Crippen LogP contribution in [0.4, 0.5) is 0 Å². The van der Waals surface area contributed by atoms with Gasteiger partial charge in [-0.2, -0.15) is 0 Å². The third-order valence-electron chi connectivity index (χ3n) is 2.68. The number of hydrogen-bond donors (Lipinski definition) is 0. The Morgan fingerprint density at radius 1 is 0.778 bits per heavy atom. The van der Waals surface area contributed by atoms with Crippen LogP contribution in [0.2, 0.25) is 0 Å². The van der Waals surface area contributed by atoms with Crippen molar-refractivity contribution in [3.63, 3.8) is 0 Å². The van der Waals surface area contributed by atoms with Gasteiger partial charge in [0, 0.05) is 0 Å². The Morgan fingerprint density at radius 3 is 1.00 bits per heavy atom. The molecule has 0 atom stereocenters. The van der Waals surface area contributed by atoms with Crippen molar-refractivity contribution in [2.45, 2.75) is 27.7 Å². The van der Waals surface area contributed by atoms with Gasteiger partial charge in [0.1, 0.15) is 0 Å². The molecule has 0 unspecified atom stereocenters. The molecule has 0 saturated carbocycles. The maximum atomic E-state index is 2.27. The largest absolute Gasteiger partial charge is 1.00 e. The highest BCUT2D eigenvalue weighted by molar-refractivity contribution is 4.31. The van der Waals surface area contributed by atoms with Crippen molar-refractivity contribution >= 4 is 0 Å². The summed E-state index contributed by atoms with van der Waals surface area (Å²) in [4.78, 5) is 0. The van der Waals surface area contributed by atoms with E-state index in [4.69, 9.17) is 0 Å². The summed E-state index contributed by atoms with van der Waals surface area (Å²) in [6.45, 7) is 14.2. The molecule has 0 aromatic carbocycles. The van der Waals surface area contributed by atoms with Gasteiger partial charge in [0.2, 0.25) is 0 Å². The fourth-order valence-corrected chi connectivity index (χ4v) is 1.34. The van der Waals surface area contributed by atoms with E-state index in [0.717, 1.165) is 0 Å². The molecule has 1 heteroatoms. The third kappa shape index (κ3) is 1.98. The summed E-state index contributed by atoms with van der Waals surface area (Å²) in [5.74, 6) is 0. The first kappa shape index (κ1) is 8.96. The number of rotatable bonds is 4. The highest BCUT2D eigenvalue weighted by Crippen LogP contribution is 2.03. The van der Waals surface area contributed by atoms with Crippen LogP contribution in [0.1, 0.15) is 29.1 Å². The molecule has 9 heavy (non-hydrogen) atoms. The van der Waals surface area contributed by atoms with E-state index >= 15 is 0 Å². The van der Waals surface area contributed by atoms with Crippen molar-refractivity contribution in [2.75, 3.05) is 26.2 Å². The Labute approximate surface area is 60.7 Å². The summed E-state index contributed by atoms with van der Waals surface area (Å²) in [6.07, 6.45) is 0. The predicted molar refractivity (Wildman–Crippen MR) is 43.5 cm³/mol. The molecule has 0 aromatic rings. The van der Waals surface area contributed by atoms with Gasteiger partial charge in [-0.3, -0.25) is 0 Å². The van der Waals surface area contributed by atoms with Crippen molar-refractivity contribution in [2.24, 2.45) is 0 Å². The van der Waals surface area contributed by atoms with Gasteiger partial charge in [-0.1, -0.05) is 0 Å². The number of quaternary nitrogens is 1. The second-order valence-corrected chi connectivity index (χ2v) is 2.61. The molecule has 0 aliphatic heterocycles. The first-order chi connectivity index (χ1) is 4.24. The smallest absolute Gasteiger partial charge is 0.0757 e. The zero-order valence-corrected chi connectivity index (χ0v) is 7.28. The van der Waals surface area contributed by atoms with Crippen molar-refractivity contribution < 1.29 is 5.91 Å². The molecule has 0 aromatic heterocycles. The predicted octanol–water partition coefficient (Wildman–Crippen LogP) is 2.00. The zero-order valence-electron chi connectivity index (χ0n) is 8.28. The molecular formula is C8H21N. The zero-order chi connectivity index (χ0) is 7.33. The normalized spacial score (nSPS) is 12.0. The fourth-order valence-electron chi connectivity index (χ4n) is 1.34. The van der Waals surface area contributed by atoms with E-state index < -0.39 is 0 Å². The maximum Gasteiger partial charge on any atom is 0.0757 e. The molecule has 0 spiro atoms. The van der Waals surface area contributed by atoms with Gasteiger partial charge >= 0.3 is 0 Å². The highest BCUT2D eigenvalue weighted by Gasteiger charge is 2.16. The SMILES string of the molecule is CC[N+](CC)(CC)CC.[H-]. The fraction of sp³-hybridized carbons (Fsp3) is 1.00. The summed E-state index contributed by atoms with van der Waals surface area (Å²) in [5.41, 5.74) is 0. The van der Waals surface area contributed by atoms with Gasteiger partial charge in [-0.25, -0.2) is 0 Å².